The summed E-state index contributed by atoms with van der Waals surface area (Å²) in [7, 11) is 0. The number of anilines is 1. The molecule has 2 aromatic carbocycles. The largest absolute Gasteiger partial charge is 0.453 e. The Labute approximate surface area is 198 Å². The molecule has 6 nitrogen and oxygen atoms in total. The van der Waals surface area contributed by atoms with E-state index in [0.29, 0.717) is 40.0 Å². The summed E-state index contributed by atoms with van der Waals surface area (Å²) in [5, 5.41) is 0.427. The predicted octanol–water partition coefficient (Wildman–Crippen LogP) is 4.42. The molecular weight excluding hydrogens is 458 g/mol. The molecule has 2 N–H and O–H groups in total. The van der Waals surface area contributed by atoms with Crippen LogP contribution in [0.2, 0.25) is 0 Å². The minimum atomic E-state index is -0.932. The molecule has 1 spiro atoms. The number of nitrogens with two attached hydrogens (primary N) is 1. The predicted molar refractivity (Wildman–Crippen MR) is 126 cm³/mol. The molecule has 0 saturated carbocycles. The Kier molecular flexibility index (Phi) is 4.26. The highest BCUT2D eigenvalue weighted by atomic mass is 32.2. The number of pyridine rings is 1. The second kappa shape index (κ2) is 7.16. The summed E-state index contributed by atoms with van der Waals surface area (Å²) in [4.78, 5) is 10.8. The second-order valence-corrected chi connectivity index (χ2v) is 10.1. The molecule has 2 saturated heterocycles. The lowest BCUT2D eigenvalue weighted by Crippen LogP contribution is -2.37. The highest BCUT2D eigenvalue weighted by Crippen LogP contribution is 2.55. The summed E-state index contributed by atoms with van der Waals surface area (Å²) >= 11 is 1.42. The van der Waals surface area contributed by atoms with Crippen LogP contribution in [0.4, 0.5) is 14.5 Å². The van der Waals surface area contributed by atoms with Crippen LogP contribution in [0.5, 0.6) is 11.5 Å². The number of halogens is 2. The van der Waals surface area contributed by atoms with Gasteiger partial charge < -0.3 is 20.1 Å². The maximum Gasteiger partial charge on any atom is 0.220 e. The number of fused-ring (bicyclic) bond motifs is 6. The van der Waals surface area contributed by atoms with E-state index in [-0.39, 0.29) is 17.9 Å². The number of hydrogen-bond acceptors (Lipinski definition) is 7. The quantitative estimate of drug-likeness (QED) is 0.550. The molecule has 34 heavy (non-hydrogen) atoms. The van der Waals surface area contributed by atoms with Gasteiger partial charge in [0.2, 0.25) is 5.95 Å². The van der Waals surface area contributed by atoms with Crippen LogP contribution in [-0.4, -0.2) is 41.2 Å². The van der Waals surface area contributed by atoms with Gasteiger partial charge in [-0.3, -0.25) is 0 Å². The Morgan fingerprint density at radius 1 is 1.15 bits per heavy atom. The average Bonchev–Trinajstić information content (AvgIpc) is 3.57. The van der Waals surface area contributed by atoms with Crippen molar-refractivity contribution < 1.29 is 18.3 Å². The first kappa shape index (κ1) is 20.2. The van der Waals surface area contributed by atoms with Crippen molar-refractivity contribution in [3.63, 3.8) is 0 Å². The summed E-state index contributed by atoms with van der Waals surface area (Å²) in [5.74, 6) is 0.154. The van der Waals surface area contributed by atoms with Gasteiger partial charge in [-0.05, 0) is 42.3 Å². The minimum absolute atomic E-state index is 0.163. The van der Waals surface area contributed by atoms with Crippen molar-refractivity contribution in [2.75, 3.05) is 23.8 Å². The number of amidine groups is 1. The molecule has 4 aliphatic rings. The van der Waals surface area contributed by atoms with E-state index in [1.165, 1.54) is 24.0 Å². The summed E-state index contributed by atoms with van der Waals surface area (Å²) < 4.78 is 41.8. The van der Waals surface area contributed by atoms with Crippen molar-refractivity contribution in [2.45, 2.75) is 24.1 Å². The summed E-state index contributed by atoms with van der Waals surface area (Å²) in [5.41, 5.74) is 8.40. The fourth-order valence-electron chi connectivity index (χ4n) is 5.54. The van der Waals surface area contributed by atoms with Gasteiger partial charge >= 0.3 is 0 Å². The average molecular weight is 479 g/mol. The number of morpholine rings is 1. The number of rotatable bonds is 2. The van der Waals surface area contributed by atoms with Crippen molar-refractivity contribution >= 4 is 22.6 Å². The van der Waals surface area contributed by atoms with E-state index in [2.05, 4.69) is 9.88 Å². The Morgan fingerprint density at radius 2 is 2.06 bits per heavy atom. The van der Waals surface area contributed by atoms with Crippen molar-refractivity contribution in [3.05, 3.63) is 71.6 Å². The smallest absolute Gasteiger partial charge is 0.220 e. The van der Waals surface area contributed by atoms with Gasteiger partial charge in [-0.25, -0.2) is 14.4 Å². The summed E-state index contributed by atoms with van der Waals surface area (Å²) in [6.07, 6.45) is 2.55. The van der Waals surface area contributed by atoms with Crippen LogP contribution in [0.25, 0.3) is 11.1 Å². The van der Waals surface area contributed by atoms with E-state index in [1.54, 1.807) is 24.3 Å². The highest BCUT2D eigenvalue weighted by Gasteiger charge is 2.48. The first-order valence-corrected chi connectivity index (χ1v) is 12.1. The Morgan fingerprint density at radius 3 is 2.79 bits per heavy atom. The normalized spacial score (nSPS) is 26.4. The number of aliphatic imine (C=N–C) groups is 1. The molecule has 3 atom stereocenters. The van der Waals surface area contributed by atoms with Gasteiger partial charge in [0.25, 0.3) is 0 Å². The zero-order chi connectivity index (χ0) is 23.0. The van der Waals surface area contributed by atoms with Gasteiger partial charge in [0.05, 0.1) is 18.8 Å². The number of aromatic nitrogens is 1. The first-order chi connectivity index (χ1) is 16.5. The Balaban J connectivity index is 1.41. The fraction of sp³-hybridized carbons (Fsp3) is 0.280. The monoisotopic (exact) mass is 478 g/mol. The molecule has 9 heteroatoms. The van der Waals surface area contributed by atoms with E-state index in [1.807, 2.05) is 12.1 Å². The van der Waals surface area contributed by atoms with Crippen LogP contribution < -0.4 is 15.4 Å². The minimum Gasteiger partial charge on any atom is -0.453 e. The SMILES string of the molecule is NC1=N[C@@]2(CS1)c1cc(-c3cccnc3F)ccc1Oc1c(F)cc(N3C[C@H]4C[C@@H]3CO4)cc12. The number of thioether (sulfide) groups is 1. The molecular formula is C25H20F2N4O2S. The second-order valence-electron chi connectivity index (χ2n) is 9.06. The van der Waals surface area contributed by atoms with Crippen LogP contribution >= 0.6 is 11.8 Å². The number of hydrogen-bond donors (Lipinski definition) is 1. The van der Waals surface area contributed by atoms with E-state index < -0.39 is 17.3 Å². The van der Waals surface area contributed by atoms with E-state index in [0.717, 1.165) is 24.2 Å². The topological polar surface area (TPSA) is 73.0 Å². The molecule has 0 aliphatic carbocycles. The molecule has 0 unspecified atom stereocenters. The van der Waals surface area contributed by atoms with Gasteiger partial charge in [0.1, 0.15) is 11.3 Å². The molecule has 0 amide bonds. The van der Waals surface area contributed by atoms with Gasteiger partial charge in [-0.2, -0.15) is 4.39 Å². The molecule has 172 valence electrons. The molecule has 7 rings (SSSR count). The molecule has 1 aromatic heterocycles. The van der Waals surface area contributed by atoms with Crippen LogP contribution in [-0.2, 0) is 10.3 Å². The lowest BCUT2D eigenvalue weighted by Gasteiger charge is -2.37. The van der Waals surface area contributed by atoms with E-state index in [9.17, 15) is 4.39 Å². The van der Waals surface area contributed by atoms with Crippen LogP contribution in [0, 0.1) is 11.8 Å². The van der Waals surface area contributed by atoms with Gasteiger partial charge in [0, 0.05) is 46.9 Å². The molecule has 5 heterocycles. The van der Waals surface area contributed by atoms with Crippen LogP contribution in [0.3, 0.4) is 0 Å². The van der Waals surface area contributed by atoms with Crippen molar-refractivity contribution in [2.24, 2.45) is 10.7 Å². The number of nitrogens with zero attached hydrogens (tertiary/aromatic N) is 3. The lowest BCUT2D eigenvalue weighted by atomic mass is 9.80. The van der Waals surface area contributed by atoms with E-state index in [4.69, 9.17) is 20.2 Å². The number of benzene rings is 2. The Bertz CT molecular complexity index is 1380. The summed E-state index contributed by atoms with van der Waals surface area (Å²) in [6.45, 7) is 1.38. The third-order valence-corrected chi connectivity index (χ3v) is 8.09. The van der Waals surface area contributed by atoms with Crippen molar-refractivity contribution in [1.82, 2.24) is 4.98 Å². The molecule has 2 bridgehead atoms. The zero-order valence-corrected chi connectivity index (χ0v) is 18.8. The standard InChI is InChI=1S/C25H20F2N4O2S/c26-20-9-14(31-10-16-7-15(31)11-32-16)8-19-22(20)33-21-4-3-13(17-2-1-5-29-23(17)27)6-18(21)25(19)12-34-24(28)30-25/h1-6,8-9,15-16H,7,10-12H2,(H2,28,30)/t15-,16-,25+/m1/s1. The van der Waals surface area contributed by atoms with E-state index >= 15 is 4.39 Å². The third kappa shape index (κ3) is 2.83. The maximum absolute atomic E-state index is 15.5. The van der Waals surface area contributed by atoms with Crippen molar-refractivity contribution in [3.8, 4) is 22.6 Å². The zero-order valence-electron chi connectivity index (χ0n) is 18.0. The lowest BCUT2D eigenvalue weighted by molar-refractivity contribution is 0.0991. The van der Waals surface area contributed by atoms with Crippen LogP contribution in [0.1, 0.15) is 17.5 Å². The third-order valence-electron chi connectivity index (χ3n) is 7.14. The molecule has 2 fully saturated rings. The molecule has 4 aliphatic heterocycles. The molecule has 3 aromatic rings. The van der Waals surface area contributed by atoms with Gasteiger partial charge in [-0.1, -0.05) is 17.8 Å². The highest BCUT2D eigenvalue weighted by molar-refractivity contribution is 8.14. The van der Waals surface area contributed by atoms with Crippen molar-refractivity contribution in [1.29, 1.82) is 0 Å². The molecule has 0 radical (unpaired) electrons. The Hall–Kier alpha value is -3.17. The van der Waals surface area contributed by atoms with Gasteiger partial charge in [0.15, 0.2) is 16.7 Å². The van der Waals surface area contributed by atoms with Crippen LogP contribution in [0.15, 0.2) is 53.7 Å². The van der Waals surface area contributed by atoms with Gasteiger partial charge in [-0.15, -0.1) is 0 Å². The summed E-state index contributed by atoms with van der Waals surface area (Å²) in [6, 6.07) is 12.5. The maximum atomic E-state index is 15.5. The number of ether oxygens (including phenoxy) is 2. The fourth-order valence-corrected chi connectivity index (χ4v) is 6.50. The first-order valence-electron chi connectivity index (χ1n) is 11.2.